The molecule has 2 rings (SSSR count). The fourth-order valence-electron chi connectivity index (χ4n) is 1.80. The largest absolute Gasteiger partial charge is 0.360 e. The number of nitrogens with zero attached hydrogens (tertiary/aromatic N) is 2. The summed E-state index contributed by atoms with van der Waals surface area (Å²) in [5.74, 6) is 0. The minimum Gasteiger partial charge on any atom is -0.360 e. The number of ether oxygens (including phenoxy) is 1. The Balaban J connectivity index is 1.93. The van der Waals surface area contributed by atoms with Crippen LogP contribution < -0.4 is 5.56 Å². The van der Waals surface area contributed by atoms with Crippen LogP contribution in [0.2, 0.25) is 25.7 Å². The zero-order valence-corrected chi connectivity index (χ0v) is 14.4. The summed E-state index contributed by atoms with van der Waals surface area (Å²) in [6.07, 6.45) is 4.14. The van der Waals surface area contributed by atoms with Crippen LogP contribution in [0, 0.1) is 3.57 Å². The average Bonchev–Trinajstić information content (AvgIpc) is 3.03. The smallest absolute Gasteiger partial charge is 0.280 e. The van der Waals surface area contributed by atoms with E-state index in [1.807, 2.05) is 15.6 Å². The first-order valence-electron chi connectivity index (χ1n) is 6.44. The summed E-state index contributed by atoms with van der Waals surface area (Å²) in [6.45, 7) is 8.32. The summed E-state index contributed by atoms with van der Waals surface area (Å²) in [4.78, 5) is 11.9. The topological polar surface area (TPSA) is 36.2 Å². The second kappa shape index (κ2) is 5.50. The normalized spacial score (nSPS) is 16.2. The van der Waals surface area contributed by atoms with Crippen LogP contribution in [0.5, 0.6) is 0 Å². The first kappa shape index (κ1) is 14.3. The number of rotatable bonds is 6. The van der Waals surface area contributed by atoms with Crippen LogP contribution in [0.25, 0.3) is 0 Å². The average molecular weight is 380 g/mol. The van der Waals surface area contributed by atoms with Gasteiger partial charge in [0.25, 0.3) is 5.56 Å². The van der Waals surface area contributed by atoms with Gasteiger partial charge in [-0.05, 0) is 41.5 Å². The summed E-state index contributed by atoms with van der Waals surface area (Å²) < 4.78 is 10.3. The van der Waals surface area contributed by atoms with Gasteiger partial charge >= 0.3 is 0 Å². The second-order valence-corrected chi connectivity index (χ2v) is 12.9. The SMILES string of the molecule is C[Si](C)(C)CCOCn1cc(I)c(=O)n1C1CC1. The molecule has 0 bridgehead atoms. The van der Waals surface area contributed by atoms with Crippen LogP contribution >= 0.6 is 22.6 Å². The Morgan fingerprint density at radius 1 is 1.44 bits per heavy atom. The number of hydrogen-bond donors (Lipinski definition) is 0. The van der Waals surface area contributed by atoms with Gasteiger partial charge in [-0.15, -0.1) is 0 Å². The summed E-state index contributed by atoms with van der Waals surface area (Å²) in [7, 11) is -1.03. The fraction of sp³-hybridized carbons (Fsp3) is 0.750. The third-order valence-corrected chi connectivity index (χ3v) is 5.51. The second-order valence-electron chi connectivity index (χ2n) is 6.15. The summed E-state index contributed by atoms with van der Waals surface area (Å²) in [5.41, 5.74) is 0.131. The van der Waals surface area contributed by atoms with Crippen molar-refractivity contribution in [3.63, 3.8) is 0 Å². The molecule has 1 fully saturated rings. The molecule has 0 aliphatic heterocycles. The number of aromatic nitrogens is 2. The van der Waals surface area contributed by atoms with Gasteiger partial charge in [0, 0.05) is 20.9 Å². The van der Waals surface area contributed by atoms with Crippen molar-refractivity contribution in [1.29, 1.82) is 0 Å². The molecule has 0 radical (unpaired) electrons. The maximum absolute atomic E-state index is 11.9. The van der Waals surface area contributed by atoms with Crippen LogP contribution in [0.3, 0.4) is 0 Å². The van der Waals surface area contributed by atoms with Gasteiger partial charge in [-0.3, -0.25) is 9.48 Å². The highest BCUT2D eigenvalue weighted by Gasteiger charge is 2.28. The van der Waals surface area contributed by atoms with Crippen molar-refractivity contribution in [3.05, 3.63) is 20.1 Å². The lowest BCUT2D eigenvalue weighted by Gasteiger charge is -2.16. The maximum Gasteiger partial charge on any atom is 0.280 e. The van der Waals surface area contributed by atoms with E-state index in [1.54, 1.807) is 0 Å². The predicted molar refractivity (Wildman–Crippen MR) is 83.8 cm³/mol. The van der Waals surface area contributed by atoms with E-state index in [4.69, 9.17) is 4.74 Å². The molecule has 6 heteroatoms. The Labute approximate surface area is 122 Å². The summed E-state index contributed by atoms with van der Waals surface area (Å²) in [5, 5.41) is 0. The highest BCUT2D eigenvalue weighted by molar-refractivity contribution is 14.1. The molecule has 1 aliphatic carbocycles. The monoisotopic (exact) mass is 380 g/mol. The molecule has 0 atom stereocenters. The molecule has 1 aliphatic rings. The molecule has 4 nitrogen and oxygen atoms in total. The van der Waals surface area contributed by atoms with Gasteiger partial charge in [-0.2, -0.15) is 0 Å². The van der Waals surface area contributed by atoms with Gasteiger partial charge in [-0.25, -0.2) is 4.68 Å². The Morgan fingerprint density at radius 2 is 2.11 bits per heavy atom. The standard InChI is InChI=1S/C12H21IN2O2Si/c1-18(2,3)7-6-17-9-14-8-11(13)12(16)15(14)10-4-5-10/h8,10H,4-7,9H2,1-3H3. The first-order chi connectivity index (χ1) is 8.38. The zero-order chi connectivity index (χ0) is 13.3. The van der Waals surface area contributed by atoms with Crippen molar-refractivity contribution in [3.8, 4) is 0 Å². The van der Waals surface area contributed by atoms with Crippen molar-refractivity contribution in [2.75, 3.05) is 6.61 Å². The van der Waals surface area contributed by atoms with E-state index in [2.05, 4.69) is 42.2 Å². The highest BCUT2D eigenvalue weighted by atomic mass is 127. The van der Waals surface area contributed by atoms with E-state index in [9.17, 15) is 4.79 Å². The molecule has 1 aromatic heterocycles. The molecule has 0 unspecified atom stereocenters. The van der Waals surface area contributed by atoms with Gasteiger partial charge in [0.15, 0.2) is 0 Å². The van der Waals surface area contributed by atoms with E-state index in [0.29, 0.717) is 12.8 Å². The molecule has 18 heavy (non-hydrogen) atoms. The quantitative estimate of drug-likeness (QED) is 0.432. The van der Waals surface area contributed by atoms with E-state index in [1.165, 1.54) is 6.04 Å². The third kappa shape index (κ3) is 3.71. The summed E-state index contributed by atoms with van der Waals surface area (Å²) in [6, 6.07) is 1.57. The molecule has 1 heterocycles. The molecule has 1 saturated carbocycles. The maximum atomic E-state index is 11.9. The Kier molecular flexibility index (Phi) is 4.38. The van der Waals surface area contributed by atoms with Crippen molar-refractivity contribution in [2.24, 2.45) is 0 Å². The minimum absolute atomic E-state index is 0.131. The molecule has 0 spiro atoms. The molecule has 102 valence electrons. The van der Waals surface area contributed by atoms with Gasteiger partial charge in [0.05, 0.1) is 9.61 Å². The minimum atomic E-state index is -1.03. The molecule has 0 saturated heterocycles. The molecule has 1 aromatic rings. The van der Waals surface area contributed by atoms with Crippen molar-refractivity contribution >= 4 is 30.7 Å². The lowest BCUT2D eigenvalue weighted by molar-refractivity contribution is 0.0677. The van der Waals surface area contributed by atoms with Gasteiger partial charge in [0.2, 0.25) is 0 Å². The van der Waals surface area contributed by atoms with E-state index in [-0.39, 0.29) is 5.56 Å². The van der Waals surface area contributed by atoms with Crippen molar-refractivity contribution < 1.29 is 4.74 Å². The molecular weight excluding hydrogens is 359 g/mol. The van der Waals surface area contributed by atoms with Crippen LogP contribution in [-0.2, 0) is 11.5 Å². The molecule has 0 N–H and O–H groups in total. The predicted octanol–water partition coefficient (Wildman–Crippen LogP) is 2.90. The van der Waals surface area contributed by atoms with Crippen LogP contribution in [0.15, 0.2) is 11.0 Å². The van der Waals surface area contributed by atoms with Gasteiger partial charge in [-0.1, -0.05) is 19.6 Å². The third-order valence-electron chi connectivity index (χ3n) is 3.06. The van der Waals surface area contributed by atoms with Crippen LogP contribution in [-0.4, -0.2) is 24.0 Å². The van der Waals surface area contributed by atoms with Crippen LogP contribution in [0.1, 0.15) is 18.9 Å². The fourth-order valence-corrected chi connectivity index (χ4v) is 3.13. The molecule has 0 amide bonds. The van der Waals surface area contributed by atoms with E-state index < -0.39 is 8.07 Å². The summed E-state index contributed by atoms with van der Waals surface area (Å²) >= 11 is 2.10. The van der Waals surface area contributed by atoms with Gasteiger partial charge < -0.3 is 4.74 Å². The van der Waals surface area contributed by atoms with Crippen molar-refractivity contribution in [1.82, 2.24) is 9.36 Å². The Hall–Kier alpha value is -0.0831. The molecule has 0 aromatic carbocycles. The Bertz CT molecular complexity index is 471. The van der Waals surface area contributed by atoms with E-state index >= 15 is 0 Å². The lowest BCUT2D eigenvalue weighted by Crippen LogP contribution is -2.25. The van der Waals surface area contributed by atoms with Crippen molar-refractivity contribution in [2.45, 2.75) is 51.3 Å². The highest BCUT2D eigenvalue weighted by Crippen LogP contribution is 2.33. The van der Waals surface area contributed by atoms with E-state index in [0.717, 1.165) is 23.0 Å². The lowest BCUT2D eigenvalue weighted by atomic mass is 10.7. The number of hydrogen-bond acceptors (Lipinski definition) is 2. The van der Waals surface area contributed by atoms with Crippen LogP contribution in [0.4, 0.5) is 0 Å². The zero-order valence-electron chi connectivity index (χ0n) is 11.3. The first-order valence-corrected chi connectivity index (χ1v) is 11.2. The molecular formula is C12H21IN2O2Si. The Morgan fingerprint density at radius 3 is 2.67 bits per heavy atom. The van der Waals surface area contributed by atoms with Gasteiger partial charge in [0.1, 0.15) is 6.73 Å². The number of halogens is 1.